The number of benzene rings is 2. The molecule has 0 aliphatic rings. The molecule has 0 saturated carbocycles. The number of hydrogen-bond acceptors (Lipinski definition) is 2. The molecule has 1 unspecified atom stereocenters. The summed E-state index contributed by atoms with van der Waals surface area (Å²) in [6.45, 7) is 0. The van der Waals surface area contributed by atoms with Crippen LogP contribution < -0.4 is 5.32 Å². The first-order valence-corrected chi connectivity index (χ1v) is 6.67. The van der Waals surface area contributed by atoms with E-state index in [1.54, 1.807) is 37.4 Å². The van der Waals surface area contributed by atoms with Crippen molar-refractivity contribution in [3.05, 3.63) is 70.2 Å². The molecule has 0 aliphatic carbocycles. The van der Waals surface area contributed by atoms with Crippen molar-refractivity contribution in [3.8, 4) is 0 Å². The molecule has 0 fully saturated rings. The van der Waals surface area contributed by atoms with Crippen LogP contribution in [-0.4, -0.2) is 18.4 Å². The summed E-state index contributed by atoms with van der Waals surface area (Å²) in [7, 11) is 1.54. The maximum atomic E-state index is 13.9. The van der Waals surface area contributed by atoms with E-state index in [2.05, 4.69) is 5.32 Å². The number of nitrogens with one attached hydrogen (secondary N) is 1. The van der Waals surface area contributed by atoms with E-state index in [0.29, 0.717) is 10.6 Å². The lowest BCUT2D eigenvalue weighted by atomic mass is 10.0. The molecule has 5 heteroatoms. The van der Waals surface area contributed by atoms with Crippen molar-refractivity contribution in [1.29, 1.82) is 0 Å². The highest BCUT2D eigenvalue weighted by atomic mass is 35.5. The number of likely N-dealkylation sites (N-methyl/N-ethyl adjacent to an activating group) is 1. The van der Waals surface area contributed by atoms with Gasteiger partial charge in [0.1, 0.15) is 17.9 Å². The number of hydrogen-bond donors (Lipinski definition) is 2. The number of aliphatic hydroxyl groups excluding tert-OH is 1. The fraction of sp³-hybridized carbons (Fsp3) is 0.125. The van der Waals surface area contributed by atoms with Crippen LogP contribution in [0.5, 0.6) is 0 Å². The van der Waals surface area contributed by atoms with Crippen LogP contribution in [0.15, 0.2) is 42.5 Å². The molecule has 0 spiro atoms. The Morgan fingerprint density at radius 2 is 1.86 bits per heavy atom. The second-order valence-corrected chi connectivity index (χ2v) is 4.90. The molecular weight excluding hydrogens is 296 g/mol. The van der Waals surface area contributed by atoms with Gasteiger partial charge in [-0.25, -0.2) is 8.78 Å². The highest BCUT2D eigenvalue weighted by Crippen LogP contribution is 2.24. The van der Waals surface area contributed by atoms with Crippen LogP contribution >= 0.6 is 11.6 Å². The second-order valence-electron chi connectivity index (χ2n) is 4.47. The molecule has 0 aromatic heterocycles. The van der Waals surface area contributed by atoms with E-state index in [1.807, 2.05) is 0 Å². The lowest BCUT2D eigenvalue weighted by Crippen LogP contribution is -2.26. The van der Waals surface area contributed by atoms with E-state index in [-0.39, 0.29) is 5.56 Å². The molecule has 0 amide bonds. The fourth-order valence-electron chi connectivity index (χ4n) is 1.92. The highest BCUT2D eigenvalue weighted by molar-refractivity contribution is 6.30. The van der Waals surface area contributed by atoms with Gasteiger partial charge >= 0.3 is 0 Å². The maximum absolute atomic E-state index is 13.9. The van der Waals surface area contributed by atoms with Gasteiger partial charge in [-0.1, -0.05) is 23.7 Å². The first-order chi connectivity index (χ1) is 10.0. The van der Waals surface area contributed by atoms with Gasteiger partial charge in [0, 0.05) is 22.2 Å². The Kier molecular flexibility index (Phi) is 5.07. The lowest BCUT2D eigenvalue weighted by molar-refractivity contribution is 0.205. The van der Waals surface area contributed by atoms with Gasteiger partial charge in [-0.15, -0.1) is 0 Å². The van der Waals surface area contributed by atoms with E-state index < -0.39 is 17.9 Å². The van der Waals surface area contributed by atoms with Crippen molar-refractivity contribution in [2.45, 2.75) is 6.23 Å². The molecule has 2 aromatic rings. The standard InChI is InChI=1S/C16H14ClF2NO/c1-20-16(21)14(8-10-2-4-11(17)5-3-10)13-7-6-12(18)9-15(13)19/h2-9,16,20-21H,1H3/b14-8+. The van der Waals surface area contributed by atoms with Gasteiger partial charge in [0.2, 0.25) is 0 Å². The number of aliphatic hydroxyl groups is 1. The van der Waals surface area contributed by atoms with E-state index in [9.17, 15) is 13.9 Å². The second kappa shape index (κ2) is 6.80. The summed E-state index contributed by atoms with van der Waals surface area (Å²) in [6.07, 6.45) is 0.536. The van der Waals surface area contributed by atoms with E-state index in [1.165, 1.54) is 6.07 Å². The molecular formula is C16H14ClF2NO. The Labute approximate surface area is 126 Å². The van der Waals surface area contributed by atoms with E-state index >= 15 is 0 Å². The van der Waals surface area contributed by atoms with Crippen molar-refractivity contribution < 1.29 is 13.9 Å². The lowest BCUT2D eigenvalue weighted by Gasteiger charge is -2.15. The van der Waals surface area contributed by atoms with Crippen molar-refractivity contribution in [3.63, 3.8) is 0 Å². The molecule has 0 bridgehead atoms. The minimum Gasteiger partial charge on any atom is -0.374 e. The quantitative estimate of drug-likeness (QED) is 0.667. The van der Waals surface area contributed by atoms with Crippen LogP contribution in [-0.2, 0) is 0 Å². The van der Waals surface area contributed by atoms with Crippen LogP contribution in [0.2, 0.25) is 5.02 Å². The molecule has 1 atom stereocenters. The summed E-state index contributed by atoms with van der Waals surface area (Å²) in [5.74, 6) is -1.40. The SMILES string of the molecule is CNC(O)/C(=C/c1ccc(Cl)cc1)c1ccc(F)cc1F. The third kappa shape index (κ3) is 3.88. The minimum atomic E-state index is -1.08. The number of halogens is 3. The molecule has 0 heterocycles. The Morgan fingerprint density at radius 3 is 2.43 bits per heavy atom. The first kappa shape index (κ1) is 15.6. The fourth-order valence-corrected chi connectivity index (χ4v) is 2.05. The van der Waals surface area contributed by atoms with Gasteiger partial charge in [0.15, 0.2) is 0 Å². The van der Waals surface area contributed by atoms with E-state index in [4.69, 9.17) is 11.6 Å². The van der Waals surface area contributed by atoms with Gasteiger partial charge in [-0.05, 0) is 43.0 Å². The molecule has 2 aromatic carbocycles. The third-order valence-corrected chi connectivity index (χ3v) is 3.25. The summed E-state index contributed by atoms with van der Waals surface area (Å²) in [5, 5.41) is 13.2. The van der Waals surface area contributed by atoms with E-state index in [0.717, 1.165) is 17.7 Å². The highest BCUT2D eigenvalue weighted by Gasteiger charge is 2.15. The van der Waals surface area contributed by atoms with Crippen molar-refractivity contribution >= 4 is 23.3 Å². The van der Waals surface area contributed by atoms with Gasteiger partial charge in [0.05, 0.1) is 0 Å². The van der Waals surface area contributed by atoms with Crippen LogP contribution in [0.25, 0.3) is 11.6 Å². The summed E-state index contributed by atoms with van der Waals surface area (Å²) in [4.78, 5) is 0. The maximum Gasteiger partial charge on any atom is 0.133 e. The molecule has 0 radical (unpaired) electrons. The monoisotopic (exact) mass is 309 g/mol. The Balaban J connectivity index is 2.50. The molecule has 2 nitrogen and oxygen atoms in total. The average Bonchev–Trinajstić information content (AvgIpc) is 2.47. The van der Waals surface area contributed by atoms with Crippen LogP contribution in [0.3, 0.4) is 0 Å². The Morgan fingerprint density at radius 1 is 1.19 bits per heavy atom. The topological polar surface area (TPSA) is 32.3 Å². The molecule has 0 saturated heterocycles. The zero-order valence-electron chi connectivity index (χ0n) is 11.3. The van der Waals surface area contributed by atoms with Gasteiger partial charge in [0.25, 0.3) is 0 Å². The normalized spacial score (nSPS) is 13.3. The summed E-state index contributed by atoms with van der Waals surface area (Å²) in [6, 6.07) is 10.1. The zero-order chi connectivity index (χ0) is 15.4. The van der Waals surface area contributed by atoms with Crippen molar-refractivity contribution in [1.82, 2.24) is 5.32 Å². The summed E-state index contributed by atoms with van der Waals surface area (Å²) < 4.78 is 26.9. The molecule has 21 heavy (non-hydrogen) atoms. The van der Waals surface area contributed by atoms with Crippen LogP contribution in [0.1, 0.15) is 11.1 Å². The van der Waals surface area contributed by atoms with Crippen LogP contribution in [0, 0.1) is 11.6 Å². The first-order valence-electron chi connectivity index (χ1n) is 6.29. The third-order valence-electron chi connectivity index (χ3n) is 3.00. The minimum absolute atomic E-state index is 0.133. The Hall–Kier alpha value is -1.75. The molecule has 2 rings (SSSR count). The van der Waals surface area contributed by atoms with Crippen LogP contribution in [0.4, 0.5) is 8.78 Å². The smallest absolute Gasteiger partial charge is 0.133 e. The average molecular weight is 310 g/mol. The van der Waals surface area contributed by atoms with Gasteiger partial charge in [-0.3, -0.25) is 5.32 Å². The van der Waals surface area contributed by atoms with Gasteiger partial charge < -0.3 is 5.11 Å². The largest absolute Gasteiger partial charge is 0.374 e. The summed E-state index contributed by atoms with van der Waals surface area (Å²) >= 11 is 5.81. The Bertz CT molecular complexity index is 656. The molecule has 2 N–H and O–H groups in total. The van der Waals surface area contributed by atoms with Crippen molar-refractivity contribution in [2.24, 2.45) is 0 Å². The number of rotatable bonds is 4. The summed E-state index contributed by atoms with van der Waals surface area (Å²) in [5.41, 5.74) is 1.18. The van der Waals surface area contributed by atoms with Crippen molar-refractivity contribution in [2.75, 3.05) is 7.05 Å². The predicted molar refractivity (Wildman–Crippen MR) is 80.7 cm³/mol. The zero-order valence-corrected chi connectivity index (χ0v) is 12.0. The predicted octanol–water partition coefficient (Wildman–Crippen LogP) is 3.70. The van der Waals surface area contributed by atoms with Gasteiger partial charge in [-0.2, -0.15) is 0 Å². The molecule has 0 aliphatic heterocycles. The molecule has 110 valence electrons.